The maximum atomic E-state index is 6.06. The Morgan fingerprint density at radius 1 is 0.778 bits per heavy atom. The van der Waals surface area contributed by atoms with Gasteiger partial charge in [0.05, 0.1) is 12.4 Å². The Bertz CT molecular complexity index is 966. The second kappa shape index (κ2) is 6.84. The molecule has 3 aromatic carbocycles. The van der Waals surface area contributed by atoms with Crippen molar-refractivity contribution < 1.29 is 4.74 Å². The third-order valence-corrected chi connectivity index (χ3v) is 5.26. The van der Waals surface area contributed by atoms with Gasteiger partial charge in [-0.3, -0.25) is 0 Å². The van der Waals surface area contributed by atoms with Crippen LogP contribution < -0.4 is 9.64 Å². The molecule has 0 bridgehead atoms. The Morgan fingerprint density at radius 2 is 1.48 bits per heavy atom. The van der Waals surface area contributed by atoms with Crippen LogP contribution in [0.3, 0.4) is 0 Å². The fourth-order valence-corrected chi connectivity index (χ4v) is 4.03. The zero-order chi connectivity index (χ0) is 18.1. The molecule has 0 N–H and O–H groups in total. The van der Waals surface area contributed by atoms with Gasteiger partial charge in [0, 0.05) is 29.9 Å². The van der Waals surface area contributed by atoms with Crippen LogP contribution in [-0.2, 0) is 6.54 Å². The van der Waals surface area contributed by atoms with Crippen LogP contribution in [0.25, 0.3) is 5.70 Å². The van der Waals surface area contributed by atoms with Gasteiger partial charge in [0.2, 0.25) is 0 Å². The molecular formula is C24H22N2O. The molecule has 0 aromatic heterocycles. The lowest BCUT2D eigenvalue weighted by Gasteiger charge is -2.43. The van der Waals surface area contributed by atoms with Gasteiger partial charge in [0.25, 0.3) is 0 Å². The molecule has 0 spiro atoms. The largest absolute Gasteiger partial charge is 0.488 e. The van der Waals surface area contributed by atoms with Gasteiger partial charge in [-0.1, -0.05) is 60.7 Å². The number of hydrogen-bond donors (Lipinski definition) is 0. The Hall–Kier alpha value is -3.20. The van der Waals surface area contributed by atoms with Crippen LogP contribution in [0.1, 0.15) is 11.1 Å². The van der Waals surface area contributed by atoms with Gasteiger partial charge in [-0.05, 0) is 29.8 Å². The Morgan fingerprint density at radius 3 is 2.30 bits per heavy atom. The van der Waals surface area contributed by atoms with Crippen molar-refractivity contribution in [2.45, 2.75) is 6.54 Å². The molecule has 5 rings (SSSR count). The van der Waals surface area contributed by atoms with E-state index in [0.717, 1.165) is 25.5 Å². The highest BCUT2D eigenvalue weighted by Gasteiger charge is 2.31. The number of fused-ring (bicyclic) bond motifs is 2. The molecule has 0 unspecified atom stereocenters. The summed E-state index contributed by atoms with van der Waals surface area (Å²) >= 11 is 0. The van der Waals surface area contributed by atoms with Gasteiger partial charge < -0.3 is 14.5 Å². The van der Waals surface area contributed by atoms with Crippen LogP contribution in [0.4, 0.5) is 5.69 Å². The van der Waals surface area contributed by atoms with Crippen LogP contribution in [0, 0.1) is 0 Å². The first-order chi connectivity index (χ1) is 13.4. The molecule has 0 fully saturated rings. The number of ether oxygens (including phenoxy) is 1. The average molecular weight is 354 g/mol. The fraction of sp³-hybridized carbons (Fsp3) is 0.167. The monoisotopic (exact) mass is 354 g/mol. The molecule has 134 valence electrons. The summed E-state index contributed by atoms with van der Waals surface area (Å²) in [6.45, 7) is 3.31. The van der Waals surface area contributed by atoms with Crippen molar-refractivity contribution in [3.8, 4) is 5.75 Å². The summed E-state index contributed by atoms with van der Waals surface area (Å²) < 4.78 is 6.06. The van der Waals surface area contributed by atoms with Crippen LogP contribution in [0.2, 0.25) is 0 Å². The molecule has 0 saturated heterocycles. The SMILES string of the molecule is c1ccc(CN2CN(c3ccccc3)CC3=C2c2ccccc2OC3)cc1. The lowest BCUT2D eigenvalue weighted by molar-refractivity contribution is 0.306. The molecule has 27 heavy (non-hydrogen) atoms. The van der Waals surface area contributed by atoms with Gasteiger partial charge in [-0.25, -0.2) is 0 Å². The Kier molecular flexibility index (Phi) is 4.06. The normalized spacial score (nSPS) is 15.9. The zero-order valence-corrected chi connectivity index (χ0v) is 15.2. The van der Waals surface area contributed by atoms with Crippen molar-refractivity contribution >= 4 is 11.4 Å². The van der Waals surface area contributed by atoms with E-state index in [2.05, 4.69) is 88.7 Å². The van der Waals surface area contributed by atoms with Crippen molar-refractivity contribution in [3.05, 3.63) is 102 Å². The van der Waals surface area contributed by atoms with Crippen LogP contribution in [0.15, 0.2) is 90.5 Å². The Labute approximate surface area is 160 Å². The average Bonchev–Trinajstić information content (AvgIpc) is 2.74. The van der Waals surface area contributed by atoms with Crippen LogP contribution in [-0.4, -0.2) is 24.7 Å². The molecule has 3 heteroatoms. The van der Waals surface area contributed by atoms with Crippen LogP contribution >= 0.6 is 0 Å². The van der Waals surface area contributed by atoms with Gasteiger partial charge in [-0.15, -0.1) is 0 Å². The molecule has 0 saturated carbocycles. The number of anilines is 1. The van der Waals surface area contributed by atoms with E-state index in [1.807, 2.05) is 6.07 Å². The quantitative estimate of drug-likeness (QED) is 0.674. The number of rotatable bonds is 3. The van der Waals surface area contributed by atoms with E-state index < -0.39 is 0 Å². The van der Waals surface area contributed by atoms with Crippen molar-refractivity contribution in [2.75, 3.05) is 24.7 Å². The topological polar surface area (TPSA) is 15.7 Å². The van der Waals surface area contributed by atoms with E-state index >= 15 is 0 Å². The molecule has 0 atom stereocenters. The molecule has 2 aliphatic heterocycles. The zero-order valence-electron chi connectivity index (χ0n) is 15.2. The summed E-state index contributed by atoms with van der Waals surface area (Å²) in [5.41, 5.74) is 6.47. The van der Waals surface area contributed by atoms with Crippen molar-refractivity contribution in [2.24, 2.45) is 0 Å². The number of hydrogen-bond acceptors (Lipinski definition) is 3. The second-order valence-electron chi connectivity index (χ2n) is 7.10. The molecule has 2 heterocycles. The molecule has 2 aliphatic rings. The molecule has 0 aliphatic carbocycles. The summed E-state index contributed by atoms with van der Waals surface area (Å²) in [6, 6.07) is 29.7. The van der Waals surface area contributed by atoms with E-state index in [1.165, 1.54) is 28.1 Å². The Balaban J connectivity index is 1.56. The predicted molar refractivity (Wildman–Crippen MR) is 109 cm³/mol. The van der Waals surface area contributed by atoms with Gasteiger partial charge >= 0.3 is 0 Å². The smallest absolute Gasteiger partial charge is 0.129 e. The molecule has 3 aromatic rings. The third-order valence-electron chi connectivity index (χ3n) is 5.26. The molecule has 3 nitrogen and oxygen atoms in total. The molecule has 0 radical (unpaired) electrons. The van der Waals surface area contributed by atoms with Crippen molar-refractivity contribution in [3.63, 3.8) is 0 Å². The maximum Gasteiger partial charge on any atom is 0.129 e. The van der Waals surface area contributed by atoms with E-state index in [-0.39, 0.29) is 0 Å². The van der Waals surface area contributed by atoms with Gasteiger partial charge in [-0.2, -0.15) is 0 Å². The minimum absolute atomic E-state index is 0.654. The lowest BCUT2D eigenvalue weighted by atomic mass is 9.99. The van der Waals surface area contributed by atoms with E-state index in [9.17, 15) is 0 Å². The standard InChI is InChI=1S/C24H22N2O/c1-3-9-19(10-4-1)15-26-18-25(21-11-5-2-6-12-21)16-20-17-27-23-14-8-7-13-22(23)24(20)26/h1-14H,15-18H2. The summed E-state index contributed by atoms with van der Waals surface area (Å²) in [6.07, 6.45) is 0. The van der Waals surface area contributed by atoms with Gasteiger partial charge in [0.15, 0.2) is 0 Å². The van der Waals surface area contributed by atoms with E-state index in [0.29, 0.717) is 6.61 Å². The fourth-order valence-electron chi connectivity index (χ4n) is 4.03. The highest BCUT2D eigenvalue weighted by molar-refractivity contribution is 5.76. The first-order valence-electron chi connectivity index (χ1n) is 9.41. The van der Waals surface area contributed by atoms with E-state index in [4.69, 9.17) is 4.74 Å². The van der Waals surface area contributed by atoms with Gasteiger partial charge in [0.1, 0.15) is 12.4 Å². The maximum absolute atomic E-state index is 6.06. The summed E-state index contributed by atoms with van der Waals surface area (Å²) in [4.78, 5) is 4.92. The second-order valence-corrected chi connectivity index (χ2v) is 7.10. The summed E-state index contributed by atoms with van der Waals surface area (Å²) in [5.74, 6) is 0.988. The lowest BCUT2D eigenvalue weighted by Crippen LogP contribution is -2.45. The predicted octanol–water partition coefficient (Wildman–Crippen LogP) is 4.77. The number of para-hydroxylation sites is 2. The first-order valence-corrected chi connectivity index (χ1v) is 9.41. The minimum Gasteiger partial charge on any atom is -0.488 e. The number of nitrogens with zero attached hydrogens (tertiary/aromatic N) is 2. The highest BCUT2D eigenvalue weighted by atomic mass is 16.5. The molecular weight excluding hydrogens is 332 g/mol. The summed E-state index contributed by atoms with van der Waals surface area (Å²) in [7, 11) is 0. The molecule has 0 amide bonds. The van der Waals surface area contributed by atoms with Crippen LogP contribution in [0.5, 0.6) is 5.75 Å². The minimum atomic E-state index is 0.654. The number of benzene rings is 3. The van der Waals surface area contributed by atoms with E-state index in [1.54, 1.807) is 0 Å². The van der Waals surface area contributed by atoms with Crippen molar-refractivity contribution in [1.29, 1.82) is 0 Å². The summed E-state index contributed by atoms with van der Waals surface area (Å²) in [5, 5.41) is 0. The van der Waals surface area contributed by atoms with Crippen molar-refractivity contribution in [1.82, 2.24) is 4.90 Å². The highest BCUT2D eigenvalue weighted by Crippen LogP contribution is 2.39. The first kappa shape index (κ1) is 16.0. The third kappa shape index (κ3) is 3.06.